The molecule has 0 aliphatic rings. The maximum atomic E-state index is 10.7. The van der Waals surface area contributed by atoms with Gasteiger partial charge in [-0.1, -0.05) is 6.92 Å². The normalized spacial score (nSPS) is 12.2. The van der Waals surface area contributed by atoms with Gasteiger partial charge in [-0.3, -0.25) is 10.1 Å². The SMILES string of the molecule is CCc1cc2c(NC[C@H](O)c3ccc([N+](=O)[O-])cc3)ncnc2s1. The van der Waals surface area contributed by atoms with Crippen LogP contribution < -0.4 is 5.32 Å². The molecule has 2 heterocycles. The molecule has 0 bridgehead atoms. The van der Waals surface area contributed by atoms with E-state index in [1.54, 1.807) is 23.5 Å². The van der Waals surface area contributed by atoms with E-state index in [1.807, 2.05) is 0 Å². The Bertz CT molecular complexity index is 863. The fraction of sp³-hybridized carbons (Fsp3) is 0.250. The van der Waals surface area contributed by atoms with Crippen molar-refractivity contribution in [2.24, 2.45) is 0 Å². The number of rotatable bonds is 6. The van der Waals surface area contributed by atoms with Crippen molar-refractivity contribution in [3.05, 3.63) is 57.2 Å². The third kappa shape index (κ3) is 3.34. The quantitative estimate of drug-likeness (QED) is 0.525. The summed E-state index contributed by atoms with van der Waals surface area (Å²) in [6, 6.07) is 7.93. The van der Waals surface area contributed by atoms with Gasteiger partial charge < -0.3 is 10.4 Å². The Balaban J connectivity index is 1.73. The first kappa shape index (κ1) is 16.3. The molecule has 2 aromatic heterocycles. The van der Waals surface area contributed by atoms with Crippen LogP contribution in [0.1, 0.15) is 23.5 Å². The highest BCUT2D eigenvalue weighted by Crippen LogP contribution is 2.28. The van der Waals surface area contributed by atoms with Crippen molar-refractivity contribution >= 4 is 33.1 Å². The van der Waals surface area contributed by atoms with E-state index in [4.69, 9.17) is 0 Å². The summed E-state index contributed by atoms with van der Waals surface area (Å²) in [7, 11) is 0. The topological polar surface area (TPSA) is 101 Å². The zero-order valence-corrected chi connectivity index (χ0v) is 13.8. The standard InChI is InChI=1S/C16H16N4O3S/c1-2-12-7-13-15(18-9-19-16(13)24-12)17-8-14(21)10-3-5-11(6-4-10)20(22)23/h3-7,9,14,21H,2,8H2,1H3,(H,17,18,19)/t14-/m0/s1. The van der Waals surface area contributed by atoms with Gasteiger partial charge in [0.25, 0.3) is 5.69 Å². The summed E-state index contributed by atoms with van der Waals surface area (Å²) >= 11 is 1.63. The summed E-state index contributed by atoms with van der Waals surface area (Å²) < 4.78 is 0. The van der Waals surface area contributed by atoms with Crippen LogP contribution in [0.5, 0.6) is 0 Å². The van der Waals surface area contributed by atoms with Crippen molar-refractivity contribution in [2.45, 2.75) is 19.4 Å². The van der Waals surface area contributed by atoms with Crippen LogP contribution in [0.15, 0.2) is 36.7 Å². The number of aryl methyl sites for hydroxylation is 1. The number of aliphatic hydroxyl groups excluding tert-OH is 1. The number of anilines is 1. The van der Waals surface area contributed by atoms with Crippen LogP contribution in [0.25, 0.3) is 10.2 Å². The van der Waals surface area contributed by atoms with E-state index in [2.05, 4.69) is 28.3 Å². The van der Waals surface area contributed by atoms with Gasteiger partial charge in [-0.2, -0.15) is 0 Å². The van der Waals surface area contributed by atoms with E-state index in [0.717, 1.165) is 16.6 Å². The Hall–Kier alpha value is -2.58. The van der Waals surface area contributed by atoms with Gasteiger partial charge in [0.1, 0.15) is 17.0 Å². The molecule has 0 amide bonds. The predicted octanol–water partition coefficient (Wildman–Crippen LogP) is 3.31. The molecule has 0 aliphatic carbocycles. The summed E-state index contributed by atoms with van der Waals surface area (Å²) in [4.78, 5) is 20.8. The van der Waals surface area contributed by atoms with Gasteiger partial charge in [-0.05, 0) is 30.2 Å². The van der Waals surface area contributed by atoms with Crippen LogP contribution in [-0.4, -0.2) is 26.5 Å². The number of aromatic nitrogens is 2. The number of nitro benzene ring substituents is 1. The maximum Gasteiger partial charge on any atom is 0.269 e. The second kappa shape index (κ2) is 6.90. The second-order valence-corrected chi connectivity index (χ2v) is 6.37. The molecule has 0 unspecified atom stereocenters. The first-order valence-corrected chi connectivity index (χ1v) is 8.30. The third-order valence-corrected chi connectivity index (χ3v) is 4.87. The zero-order valence-electron chi connectivity index (χ0n) is 13.0. The molecule has 124 valence electrons. The van der Waals surface area contributed by atoms with Crippen molar-refractivity contribution in [1.29, 1.82) is 0 Å². The highest BCUT2D eigenvalue weighted by atomic mass is 32.1. The number of aliphatic hydroxyl groups is 1. The third-order valence-electron chi connectivity index (χ3n) is 3.68. The van der Waals surface area contributed by atoms with Crippen molar-refractivity contribution in [2.75, 3.05) is 11.9 Å². The monoisotopic (exact) mass is 344 g/mol. The molecule has 3 aromatic rings. The van der Waals surface area contributed by atoms with Crippen LogP contribution in [0.3, 0.4) is 0 Å². The van der Waals surface area contributed by atoms with E-state index < -0.39 is 11.0 Å². The van der Waals surface area contributed by atoms with Crippen molar-refractivity contribution in [1.82, 2.24) is 9.97 Å². The molecule has 0 spiro atoms. The average Bonchev–Trinajstić information content (AvgIpc) is 3.03. The second-order valence-electron chi connectivity index (χ2n) is 5.25. The summed E-state index contributed by atoms with van der Waals surface area (Å²) in [6.07, 6.45) is 1.64. The minimum Gasteiger partial charge on any atom is -0.387 e. The van der Waals surface area contributed by atoms with Gasteiger partial charge in [0, 0.05) is 23.6 Å². The fourth-order valence-electron chi connectivity index (χ4n) is 2.35. The Morgan fingerprint density at radius 2 is 2.08 bits per heavy atom. The molecule has 0 saturated heterocycles. The Kier molecular flexibility index (Phi) is 4.68. The Labute approximate surface area is 142 Å². The smallest absolute Gasteiger partial charge is 0.269 e. The molecule has 0 aliphatic heterocycles. The molecule has 0 saturated carbocycles. The maximum absolute atomic E-state index is 10.7. The molecule has 24 heavy (non-hydrogen) atoms. The minimum atomic E-state index is -0.792. The Morgan fingerprint density at radius 3 is 2.75 bits per heavy atom. The van der Waals surface area contributed by atoms with Crippen LogP contribution in [0.4, 0.5) is 11.5 Å². The van der Waals surface area contributed by atoms with E-state index in [1.165, 1.54) is 23.3 Å². The van der Waals surface area contributed by atoms with Gasteiger partial charge in [0.15, 0.2) is 0 Å². The zero-order chi connectivity index (χ0) is 17.1. The molecule has 1 aromatic carbocycles. The number of fused-ring (bicyclic) bond motifs is 1. The van der Waals surface area contributed by atoms with Gasteiger partial charge in [0.05, 0.1) is 16.4 Å². The number of hydrogen-bond donors (Lipinski definition) is 2. The number of hydrogen-bond acceptors (Lipinski definition) is 7. The van der Waals surface area contributed by atoms with Gasteiger partial charge in [-0.25, -0.2) is 9.97 Å². The molecule has 8 heteroatoms. The van der Waals surface area contributed by atoms with E-state index >= 15 is 0 Å². The molecule has 2 N–H and O–H groups in total. The van der Waals surface area contributed by atoms with Gasteiger partial charge in [0.2, 0.25) is 0 Å². The number of benzene rings is 1. The van der Waals surface area contributed by atoms with Crippen LogP contribution in [0.2, 0.25) is 0 Å². The first-order chi connectivity index (χ1) is 11.6. The largest absolute Gasteiger partial charge is 0.387 e. The molecule has 0 fully saturated rings. The summed E-state index contributed by atoms with van der Waals surface area (Å²) in [5, 5.41) is 25.0. The predicted molar refractivity (Wildman–Crippen MR) is 93.3 cm³/mol. The molecule has 7 nitrogen and oxygen atoms in total. The Morgan fingerprint density at radius 1 is 1.33 bits per heavy atom. The summed E-state index contributed by atoms with van der Waals surface area (Å²) in [6.45, 7) is 2.34. The first-order valence-electron chi connectivity index (χ1n) is 7.48. The van der Waals surface area contributed by atoms with E-state index in [0.29, 0.717) is 11.4 Å². The minimum absolute atomic E-state index is 0.00165. The summed E-state index contributed by atoms with van der Waals surface area (Å²) in [5.74, 6) is 0.678. The van der Waals surface area contributed by atoms with Crippen molar-refractivity contribution in [3.63, 3.8) is 0 Å². The highest BCUT2D eigenvalue weighted by molar-refractivity contribution is 7.18. The fourth-order valence-corrected chi connectivity index (χ4v) is 3.28. The molecule has 1 atom stereocenters. The lowest BCUT2D eigenvalue weighted by Crippen LogP contribution is -2.13. The van der Waals surface area contributed by atoms with Crippen LogP contribution in [-0.2, 0) is 6.42 Å². The van der Waals surface area contributed by atoms with Crippen LogP contribution in [0, 0.1) is 10.1 Å². The lowest BCUT2D eigenvalue weighted by molar-refractivity contribution is -0.384. The number of non-ortho nitro benzene ring substituents is 1. The number of nitrogens with zero attached hydrogens (tertiary/aromatic N) is 3. The van der Waals surface area contributed by atoms with Crippen molar-refractivity contribution < 1.29 is 10.0 Å². The number of nitro groups is 1. The number of nitrogens with one attached hydrogen (secondary N) is 1. The van der Waals surface area contributed by atoms with Gasteiger partial charge >= 0.3 is 0 Å². The van der Waals surface area contributed by atoms with E-state index in [-0.39, 0.29) is 12.2 Å². The van der Waals surface area contributed by atoms with E-state index in [9.17, 15) is 15.2 Å². The molecular weight excluding hydrogens is 328 g/mol. The van der Waals surface area contributed by atoms with Gasteiger partial charge in [-0.15, -0.1) is 11.3 Å². The highest BCUT2D eigenvalue weighted by Gasteiger charge is 2.13. The number of thiophene rings is 1. The molecular formula is C16H16N4O3S. The lowest BCUT2D eigenvalue weighted by atomic mass is 10.1. The summed E-state index contributed by atoms with van der Waals surface area (Å²) in [5.41, 5.74) is 0.611. The molecule has 0 radical (unpaired) electrons. The average molecular weight is 344 g/mol. The molecule has 3 rings (SSSR count). The lowest BCUT2D eigenvalue weighted by Gasteiger charge is -2.13. The van der Waals surface area contributed by atoms with Crippen LogP contribution >= 0.6 is 11.3 Å². The van der Waals surface area contributed by atoms with Crippen molar-refractivity contribution in [3.8, 4) is 0 Å².